The lowest BCUT2D eigenvalue weighted by molar-refractivity contribution is -0.0985. The van der Waals surface area contributed by atoms with Gasteiger partial charge in [-0.2, -0.15) is 0 Å². The predicted molar refractivity (Wildman–Crippen MR) is 74.3 cm³/mol. The first-order valence-corrected chi connectivity index (χ1v) is 7.47. The van der Waals surface area contributed by atoms with Gasteiger partial charge in [-0.1, -0.05) is 6.07 Å². The molecule has 2 unspecified atom stereocenters. The van der Waals surface area contributed by atoms with Crippen LogP contribution in [-0.2, 0) is 11.3 Å². The Morgan fingerprint density at radius 1 is 1.45 bits per heavy atom. The third-order valence-corrected chi connectivity index (χ3v) is 4.02. The summed E-state index contributed by atoms with van der Waals surface area (Å²) in [5, 5.41) is 19.4. The topological polar surface area (TPSA) is 71.6 Å². The van der Waals surface area contributed by atoms with Crippen molar-refractivity contribution >= 4 is 11.3 Å². The first-order valence-electron chi connectivity index (χ1n) is 6.59. The smallest absolute Gasteiger partial charge is 0.257 e. The van der Waals surface area contributed by atoms with E-state index in [2.05, 4.69) is 15.1 Å². The van der Waals surface area contributed by atoms with Crippen LogP contribution in [0.15, 0.2) is 21.9 Å². The highest BCUT2D eigenvalue weighted by Crippen LogP contribution is 2.23. The number of aliphatic hydroxyl groups excluding tert-OH is 1. The molecule has 108 valence electrons. The standard InChI is InChI=1S/C13H17N3O3S/c1-9-5-16(6-10(8-17)18-9)7-12-14-15-13(19-12)11-3-2-4-20-11/h2-4,9-10,17H,5-8H2,1H3. The second-order valence-electron chi connectivity index (χ2n) is 4.92. The van der Waals surface area contributed by atoms with Crippen LogP contribution >= 0.6 is 11.3 Å². The van der Waals surface area contributed by atoms with Crippen molar-refractivity contribution < 1.29 is 14.3 Å². The van der Waals surface area contributed by atoms with Crippen LogP contribution < -0.4 is 0 Å². The molecule has 7 heteroatoms. The van der Waals surface area contributed by atoms with Crippen molar-refractivity contribution in [2.45, 2.75) is 25.7 Å². The lowest BCUT2D eigenvalue weighted by Crippen LogP contribution is -2.47. The van der Waals surface area contributed by atoms with Crippen LogP contribution in [0, 0.1) is 0 Å². The zero-order valence-electron chi connectivity index (χ0n) is 11.2. The van der Waals surface area contributed by atoms with Gasteiger partial charge < -0.3 is 14.3 Å². The van der Waals surface area contributed by atoms with E-state index in [1.54, 1.807) is 11.3 Å². The van der Waals surface area contributed by atoms with E-state index in [9.17, 15) is 5.11 Å². The second kappa shape index (κ2) is 6.01. The van der Waals surface area contributed by atoms with Crippen LogP contribution in [0.4, 0.5) is 0 Å². The number of aliphatic hydroxyl groups is 1. The van der Waals surface area contributed by atoms with Gasteiger partial charge in [0.25, 0.3) is 5.89 Å². The van der Waals surface area contributed by atoms with Crippen LogP contribution in [0.5, 0.6) is 0 Å². The average molecular weight is 295 g/mol. The number of nitrogens with zero attached hydrogens (tertiary/aromatic N) is 3. The Kier molecular flexibility index (Phi) is 4.11. The molecule has 0 saturated carbocycles. The molecule has 2 aromatic rings. The van der Waals surface area contributed by atoms with Gasteiger partial charge in [0.15, 0.2) is 0 Å². The number of ether oxygens (including phenoxy) is 1. The van der Waals surface area contributed by atoms with Gasteiger partial charge in [-0.15, -0.1) is 21.5 Å². The fourth-order valence-electron chi connectivity index (χ4n) is 2.38. The molecule has 1 fully saturated rings. The lowest BCUT2D eigenvalue weighted by atomic mass is 10.2. The van der Waals surface area contributed by atoms with Gasteiger partial charge in [-0.25, -0.2) is 0 Å². The zero-order valence-corrected chi connectivity index (χ0v) is 12.0. The van der Waals surface area contributed by atoms with Gasteiger partial charge in [0.05, 0.1) is 30.2 Å². The molecule has 0 bridgehead atoms. The fourth-order valence-corrected chi connectivity index (χ4v) is 3.02. The molecule has 20 heavy (non-hydrogen) atoms. The largest absolute Gasteiger partial charge is 0.419 e. The van der Waals surface area contributed by atoms with E-state index in [-0.39, 0.29) is 18.8 Å². The molecular weight excluding hydrogens is 278 g/mol. The predicted octanol–water partition coefficient (Wildman–Crippen LogP) is 1.38. The number of morpholine rings is 1. The maximum Gasteiger partial charge on any atom is 0.257 e. The molecule has 1 N–H and O–H groups in total. The van der Waals surface area contributed by atoms with Gasteiger partial charge in [0.2, 0.25) is 5.89 Å². The summed E-state index contributed by atoms with van der Waals surface area (Å²) in [6.45, 7) is 4.10. The van der Waals surface area contributed by atoms with Crippen molar-refractivity contribution in [3.8, 4) is 10.8 Å². The number of hydrogen-bond donors (Lipinski definition) is 1. The third-order valence-electron chi connectivity index (χ3n) is 3.16. The number of hydrogen-bond acceptors (Lipinski definition) is 7. The van der Waals surface area contributed by atoms with E-state index in [0.717, 1.165) is 11.4 Å². The first-order chi connectivity index (χ1) is 9.74. The maximum absolute atomic E-state index is 9.22. The summed E-state index contributed by atoms with van der Waals surface area (Å²) in [7, 11) is 0. The second-order valence-corrected chi connectivity index (χ2v) is 5.87. The minimum absolute atomic E-state index is 0.0329. The number of aromatic nitrogens is 2. The van der Waals surface area contributed by atoms with Crippen LogP contribution in [0.1, 0.15) is 12.8 Å². The Labute approximate surface area is 121 Å². The molecule has 1 saturated heterocycles. The Balaban J connectivity index is 1.66. The lowest BCUT2D eigenvalue weighted by Gasteiger charge is -2.35. The average Bonchev–Trinajstić information content (AvgIpc) is 3.08. The van der Waals surface area contributed by atoms with Crippen molar-refractivity contribution in [3.05, 3.63) is 23.4 Å². The molecule has 6 nitrogen and oxygen atoms in total. The van der Waals surface area contributed by atoms with E-state index >= 15 is 0 Å². The molecule has 2 atom stereocenters. The molecule has 1 aliphatic rings. The van der Waals surface area contributed by atoms with Gasteiger partial charge in [0.1, 0.15) is 0 Å². The molecule has 0 radical (unpaired) electrons. The van der Waals surface area contributed by atoms with Gasteiger partial charge in [-0.3, -0.25) is 4.90 Å². The first kappa shape index (κ1) is 13.7. The van der Waals surface area contributed by atoms with Crippen molar-refractivity contribution in [1.29, 1.82) is 0 Å². The molecule has 0 aromatic carbocycles. The molecule has 3 heterocycles. The Bertz CT molecular complexity index is 543. The third kappa shape index (κ3) is 3.06. The molecule has 1 aliphatic heterocycles. The number of rotatable bonds is 4. The summed E-state index contributed by atoms with van der Waals surface area (Å²) < 4.78 is 11.3. The molecule has 2 aromatic heterocycles. The molecule has 0 spiro atoms. The monoisotopic (exact) mass is 295 g/mol. The summed E-state index contributed by atoms with van der Waals surface area (Å²) in [6, 6.07) is 3.92. The highest BCUT2D eigenvalue weighted by atomic mass is 32.1. The van der Waals surface area contributed by atoms with Crippen LogP contribution in [0.25, 0.3) is 10.8 Å². The van der Waals surface area contributed by atoms with Crippen molar-refractivity contribution in [2.75, 3.05) is 19.7 Å². The minimum atomic E-state index is -0.140. The molecule has 3 rings (SSSR count). The van der Waals surface area contributed by atoms with Crippen LogP contribution in [-0.4, -0.2) is 52.1 Å². The quantitative estimate of drug-likeness (QED) is 0.919. The molecule has 0 aliphatic carbocycles. The summed E-state index contributed by atoms with van der Waals surface area (Å²) in [5.74, 6) is 1.16. The zero-order chi connectivity index (χ0) is 13.9. The van der Waals surface area contributed by atoms with Crippen molar-refractivity contribution in [1.82, 2.24) is 15.1 Å². The van der Waals surface area contributed by atoms with Crippen LogP contribution in [0.3, 0.4) is 0 Å². The number of thiophene rings is 1. The summed E-state index contributed by atoms with van der Waals surface area (Å²) in [6.07, 6.45) is -0.0426. The SMILES string of the molecule is CC1CN(Cc2nnc(-c3cccs3)o2)CC(CO)O1. The summed E-state index contributed by atoms with van der Waals surface area (Å²) in [4.78, 5) is 3.15. The molecular formula is C13H17N3O3S. The van der Waals surface area contributed by atoms with E-state index in [1.165, 1.54) is 0 Å². The highest BCUT2D eigenvalue weighted by molar-refractivity contribution is 7.13. The van der Waals surface area contributed by atoms with Crippen molar-refractivity contribution in [3.63, 3.8) is 0 Å². The Morgan fingerprint density at radius 3 is 3.10 bits per heavy atom. The van der Waals surface area contributed by atoms with E-state index in [4.69, 9.17) is 9.15 Å². The normalized spacial score (nSPS) is 24.1. The minimum Gasteiger partial charge on any atom is -0.419 e. The van der Waals surface area contributed by atoms with E-state index in [0.29, 0.717) is 24.9 Å². The summed E-state index contributed by atoms with van der Waals surface area (Å²) in [5.41, 5.74) is 0. The maximum atomic E-state index is 9.22. The Morgan fingerprint density at radius 2 is 2.35 bits per heavy atom. The van der Waals surface area contributed by atoms with E-state index < -0.39 is 0 Å². The van der Waals surface area contributed by atoms with E-state index in [1.807, 2.05) is 24.4 Å². The van der Waals surface area contributed by atoms with Gasteiger partial charge in [-0.05, 0) is 18.4 Å². The van der Waals surface area contributed by atoms with Crippen molar-refractivity contribution in [2.24, 2.45) is 0 Å². The summed E-state index contributed by atoms with van der Waals surface area (Å²) >= 11 is 1.58. The highest BCUT2D eigenvalue weighted by Gasteiger charge is 2.26. The molecule has 0 amide bonds. The van der Waals surface area contributed by atoms with Crippen LogP contribution in [0.2, 0.25) is 0 Å². The van der Waals surface area contributed by atoms with Gasteiger partial charge >= 0.3 is 0 Å². The Hall–Kier alpha value is -1.28. The fraction of sp³-hybridized carbons (Fsp3) is 0.538. The van der Waals surface area contributed by atoms with Gasteiger partial charge in [0, 0.05) is 13.1 Å².